The standard InChI is InChI=1S/C21H26N2O4S2/c1-21(2)10-9-17-16(11-21)18(20(24)23-29(25,26)14-7-8-14)19(28-17)15-6-4-3-5-13(15)12-27-22/h3-6,14H,7-12,22H2,1-2H3,(H,23,24). The van der Waals surface area contributed by atoms with Gasteiger partial charge >= 0.3 is 0 Å². The van der Waals surface area contributed by atoms with Crippen LogP contribution in [0, 0.1) is 5.41 Å². The zero-order valence-corrected chi connectivity index (χ0v) is 18.3. The first-order valence-electron chi connectivity index (χ1n) is 9.82. The van der Waals surface area contributed by atoms with E-state index in [0.717, 1.165) is 45.7 Å². The van der Waals surface area contributed by atoms with Crippen LogP contribution in [0.2, 0.25) is 0 Å². The number of hydrogen-bond donors (Lipinski definition) is 2. The average molecular weight is 435 g/mol. The largest absolute Gasteiger partial charge is 0.300 e. The Morgan fingerprint density at radius 3 is 2.72 bits per heavy atom. The van der Waals surface area contributed by atoms with Crippen molar-refractivity contribution in [1.29, 1.82) is 0 Å². The van der Waals surface area contributed by atoms with Crippen molar-refractivity contribution in [1.82, 2.24) is 4.72 Å². The first kappa shape index (κ1) is 20.5. The topological polar surface area (TPSA) is 98.5 Å². The maximum absolute atomic E-state index is 13.3. The Morgan fingerprint density at radius 2 is 2.03 bits per heavy atom. The number of aryl methyl sites for hydroxylation is 1. The molecule has 0 bridgehead atoms. The lowest BCUT2D eigenvalue weighted by atomic mass is 9.75. The summed E-state index contributed by atoms with van der Waals surface area (Å²) in [6.07, 6.45) is 3.90. The highest BCUT2D eigenvalue weighted by atomic mass is 32.2. The Labute approximate surface area is 175 Å². The van der Waals surface area contributed by atoms with Crippen LogP contribution in [-0.2, 0) is 34.3 Å². The van der Waals surface area contributed by atoms with Crippen LogP contribution in [0.3, 0.4) is 0 Å². The van der Waals surface area contributed by atoms with Gasteiger partial charge in [-0.3, -0.25) is 9.63 Å². The summed E-state index contributed by atoms with van der Waals surface area (Å²) in [4.78, 5) is 20.1. The second-order valence-corrected chi connectivity index (χ2v) is 11.8. The molecule has 0 spiro atoms. The van der Waals surface area contributed by atoms with Gasteiger partial charge in [-0.1, -0.05) is 38.1 Å². The van der Waals surface area contributed by atoms with Gasteiger partial charge in [0.15, 0.2) is 0 Å². The molecule has 0 unspecified atom stereocenters. The van der Waals surface area contributed by atoms with Crippen molar-refractivity contribution in [3.63, 3.8) is 0 Å². The van der Waals surface area contributed by atoms with Crippen molar-refractivity contribution >= 4 is 27.3 Å². The maximum atomic E-state index is 13.3. The lowest BCUT2D eigenvalue weighted by molar-refractivity contribution is 0.0980. The van der Waals surface area contributed by atoms with Crippen LogP contribution in [0.25, 0.3) is 10.4 Å². The van der Waals surface area contributed by atoms with Crippen molar-refractivity contribution in [2.45, 2.75) is 57.8 Å². The Hall–Kier alpha value is -1.74. The highest BCUT2D eigenvalue weighted by molar-refractivity contribution is 7.91. The van der Waals surface area contributed by atoms with Crippen LogP contribution >= 0.6 is 11.3 Å². The fraction of sp³-hybridized carbons (Fsp3) is 0.476. The van der Waals surface area contributed by atoms with Gasteiger partial charge < -0.3 is 0 Å². The summed E-state index contributed by atoms with van der Waals surface area (Å²) in [5.74, 6) is 4.78. The van der Waals surface area contributed by atoms with Gasteiger partial charge in [-0.15, -0.1) is 11.3 Å². The molecule has 3 N–H and O–H groups in total. The highest BCUT2D eigenvalue weighted by Gasteiger charge is 2.39. The number of carbonyl (C=O) groups excluding carboxylic acids is 1. The first-order chi connectivity index (χ1) is 13.7. The van der Waals surface area contributed by atoms with Crippen molar-refractivity contribution < 1.29 is 18.0 Å². The number of benzene rings is 1. The van der Waals surface area contributed by atoms with E-state index in [9.17, 15) is 13.2 Å². The number of thiophene rings is 1. The zero-order chi connectivity index (χ0) is 20.8. The minimum Gasteiger partial charge on any atom is -0.300 e. The molecular formula is C21H26N2O4S2. The molecule has 0 saturated heterocycles. The molecule has 0 atom stereocenters. The zero-order valence-electron chi connectivity index (χ0n) is 16.7. The van der Waals surface area contributed by atoms with Crippen LogP contribution in [0.15, 0.2) is 24.3 Å². The fourth-order valence-electron chi connectivity index (χ4n) is 3.95. The van der Waals surface area contributed by atoms with Gasteiger partial charge in [-0.25, -0.2) is 19.0 Å². The van der Waals surface area contributed by atoms with Gasteiger partial charge in [0.25, 0.3) is 5.91 Å². The third kappa shape index (κ3) is 4.12. The number of hydrogen-bond acceptors (Lipinski definition) is 6. The molecule has 2 aromatic rings. The van der Waals surface area contributed by atoms with Gasteiger partial charge in [0.05, 0.1) is 17.4 Å². The summed E-state index contributed by atoms with van der Waals surface area (Å²) in [5, 5.41) is -0.446. The predicted molar refractivity (Wildman–Crippen MR) is 114 cm³/mol. The molecule has 1 amide bonds. The first-order valence-corrected chi connectivity index (χ1v) is 12.2. The summed E-state index contributed by atoms with van der Waals surface area (Å²) in [6.45, 7) is 4.59. The van der Waals surface area contributed by atoms with Crippen molar-refractivity contribution in [3.8, 4) is 10.4 Å². The molecule has 8 heteroatoms. The normalized spacial score (nSPS) is 18.3. The molecular weight excluding hydrogens is 408 g/mol. The molecule has 156 valence electrons. The number of nitrogens with two attached hydrogens (primary N) is 1. The van der Waals surface area contributed by atoms with Crippen LogP contribution in [0.5, 0.6) is 0 Å². The third-order valence-corrected chi connectivity index (χ3v) is 8.84. The Bertz CT molecular complexity index is 1050. The summed E-state index contributed by atoms with van der Waals surface area (Å²) in [6, 6.07) is 7.64. The van der Waals surface area contributed by atoms with Crippen LogP contribution in [-0.4, -0.2) is 19.6 Å². The third-order valence-electron chi connectivity index (χ3n) is 5.70. The van der Waals surface area contributed by atoms with E-state index in [1.54, 1.807) is 11.3 Å². The predicted octanol–water partition coefficient (Wildman–Crippen LogP) is 3.54. The number of nitrogens with one attached hydrogen (secondary N) is 1. The molecule has 6 nitrogen and oxygen atoms in total. The lowest BCUT2D eigenvalue weighted by Gasteiger charge is -2.29. The molecule has 29 heavy (non-hydrogen) atoms. The molecule has 0 aliphatic heterocycles. The molecule has 1 saturated carbocycles. The van der Waals surface area contributed by atoms with E-state index in [4.69, 9.17) is 10.7 Å². The molecule has 4 rings (SSSR count). The number of carbonyl (C=O) groups is 1. The Balaban J connectivity index is 1.84. The summed E-state index contributed by atoms with van der Waals surface area (Å²) in [5.41, 5.74) is 3.27. The van der Waals surface area contributed by atoms with E-state index in [1.165, 1.54) is 0 Å². The smallest absolute Gasteiger partial charge is 0.266 e. The van der Waals surface area contributed by atoms with Crippen molar-refractivity contribution in [3.05, 3.63) is 45.8 Å². The van der Waals surface area contributed by atoms with E-state index >= 15 is 0 Å². The van der Waals surface area contributed by atoms with E-state index < -0.39 is 21.2 Å². The van der Waals surface area contributed by atoms with Crippen LogP contribution in [0.4, 0.5) is 0 Å². The minimum absolute atomic E-state index is 0.0651. The highest BCUT2D eigenvalue weighted by Crippen LogP contribution is 2.46. The lowest BCUT2D eigenvalue weighted by Crippen LogP contribution is -2.34. The molecule has 2 aliphatic carbocycles. The number of amides is 1. The van der Waals surface area contributed by atoms with Gasteiger partial charge in [0.1, 0.15) is 0 Å². The van der Waals surface area contributed by atoms with E-state index in [2.05, 4.69) is 18.6 Å². The number of fused-ring (bicyclic) bond motifs is 1. The SMILES string of the molecule is CC1(C)CCc2sc(-c3ccccc3CON)c(C(=O)NS(=O)(=O)C3CC3)c2C1. The van der Waals surface area contributed by atoms with Gasteiger partial charge in [-0.2, -0.15) is 0 Å². The Morgan fingerprint density at radius 1 is 1.31 bits per heavy atom. The fourth-order valence-corrected chi connectivity index (χ4v) is 6.61. The minimum atomic E-state index is -3.63. The van der Waals surface area contributed by atoms with Crippen LogP contribution in [0.1, 0.15) is 59.5 Å². The van der Waals surface area contributed by atoms with Gasteiger partial charge in [0, 0.05) is 9.75 Å². The average Bonchev–Trinajstić information content (AvgIpc) is 3.44. The molecule has 0 radical (unpaired) electrons. The summed E-state index contributed by atoms with van der Waals surface area (Å²) in [7, 11) is -3.63. The summed E-state index contributed by atoms with van der Waals surface area (Å²) < 4.78 is 27.2. The van der Waals surface area contributed by atoms with Gasteiger partial charge in [0.2, 0.25) is 10.0 Å². The van der Waals surface area contributed by atoms with Crippen molar-refractivity contribution in [2.24, 2.45) is 11.3 Å². The number of rotatable bonds is 6. The molecule has 1 aromatic heterocycles. The van der Waals surface area contributed by atoms with Crippen molar-refractivity contribution in [2.75, 3.05) is 0 Å². The molecule has 1 heterocycles. The maximum Gasteiger partial charge on any atom is 0.266 e. The quantitative estimate of drug-likeness (QED) is 0.678. The van der Waals surface area contributed by atoms with Gasteiger partial charge in [-0.05, 0) is 54.2 Å². The van der Waals surface area contributed by atoms with E-state index in [0.29, 0.717) is 18.4 Å². The number of sulfonamides is 1. The van der Waals surface area contributed by atoms with E-state index in [1.807, 2.05) is 24.3 Å². The van der Waals surface area contributed by atoms with Crippen LogP contribution < -0.4 is 10.6 Å². The second-order valence-electron chi connectivity index (χ2n) is 8.69. The summed E-state index contributed by atoms with van der Waals surface area (Å²) >= 11 is 1.58. The second kappa shape index (κ2) is 7.50. The Kier molecular flexibility index (Phi) is 5.31. The molecule has 1 aromatic carbocycles. The van der Waals surface area contributed by atoms with E-state index in [-0.39, 0.29) is 12.0 Å². The molecule has 1 fully saturated rings. The molecule has 2 aliphatic rings. The monoisotopic (exact) mass is 434 g/mol.